The number of thiazole rings is 1. The summed E-state index contributed by atoms with van der Waals surface area (Å²) in [5.41, 5.74) is 4.83. The second kappa shape index (κ2) is 8.73. The molecule has 0 aliphatic heterocycles. The predicted molar refractivity (Wildman–Crippen MR) is 104 cm³/mol. The molecule has 2 aromatic heterocycles. The molecule has 5 nitrogen and oxygen atoms in total. The summed E-state index contributed by atoms with van der Waals surface area (Å²) in [5.74, 6) is 0.247. The number of ether oxygens (including phenoxy) is 1. The minimum Gasteiger partial charge on any atom is -0.496 e. The van der Waals surface area contributed by atoms with Crippen LogP contribution in [0.25, 0.3) is 10.4 Å². The Morgan fingerprint density at radius 1 is 1.30 bits per heavy atom. The van der Waals surface area contributed by atoms with Crippen LogP contribution in [0.3, 0.4) is 0 Å². The van der Waals surface area contributed by atoms with Crippen LogP contribution in [0.2, 0.25) is 0 Å². The average Bonchev–Trinajstić information content (AvgIpc) is 3.15. The molecule has 3 rings (SSSR count). The number of benzene rings is 1. The largest absolute Gasteiger partial charge is 0.496 e. The van der Waals surface area contributed by atoms with Crippen molar-refractivity contribution < 1.29 is 13.9 Å². The lowest BCUT2D eigenvalue weighted by Crippen LogP contribution is -2.25. The molecule has 0 fully saturated rings. The van der Waals surface area contributed by atoms with Gasteiger partial charge in [-0.25, -0.2) is 9.37 Å². The van der Waals surface area contributed by atoms with Gasteiger partial charge in [0.15, 0.2) is 0 Å². The van der Waals surface area contributed by atoms with E-state index in [1.807, 2.05) is 25.1 Å². The van der Waals surface area contributed by atoms with Gasteiger partial charge in [0.25, 0.3) is 5.91 Å². The molecule has 27 heavy (non-hydrogen) atoms. The maximum absolute atomic E-state index is 13.1. The van der Waals surface area contributed by atoms with E-state index >= 15 is 0 Å². The second-order valence-electron chi connectivity index (χ2n) is 6.09. The Kier molecular flexibility index (Phi) is 6.13. The molecule has 1 amide bonds. The molecule has 0 aliphatic carbocycles. The van der Waals surface area contributed by atoms with Crippen molar-refractivity contribution in [3.8, 4) is 16.2 Å². The minimum atomic E-state index is -0.349. The molecule has 7 heteroatoms. The van der Waals surface area contributed by atoms with Crippen molar-refractivity contribution in [1.82, 2.24) is 15.3 Å². The number of aryl methyl sites for hydroxylation is 2. The third kappa shape index (κ3) is 4.68. The number of amides is 1. The Balaban J connectivity index is 1.61. The lowest BCUT2D eigenvalue weighted by Gasteiger charge is -2.08. The van der Waals surface area contributed by atoms with Crippen LogP contribution < -0.4 is 10.1 Å². The summed E-state index contributed by atoms with van der Waals surface area (Å²) >= 11 is 1.43. The first-order valence-electron chi connectivity index (χ1n) is 8.54. The van der Waals surface area contributed by atoms with Gasteiger partial charge in [-0.15, -0.1) is 11.3 Å². The van der Waals surface area contributed by atoms with E-state index in [9.17, 15) is 9.18 Å². The smallest absolute Gasteiger partial charge is 0.271 e. The van der Waals surface area contributed by atoms with Gasteiger partial charge in [-0.05, 0) is 60.7 Å². The van der Waals surface area contributed by atoms with Crippen LogP contribution in [0, 0.1) is 12.7 Å². The Morgan fingerprint density at radius 2 is 2.15 bits per heavy atom. The summed E-state index contributed by atoms with van der Waals surface area (Å²) in [6, 6.07) is 7.26. The van der Waals surface area contributed by atoms with Crippen molar-refractivity contribution >= 4 is 17.2 Å². The normalized spacial score (nSPS) is 10.6. The zero-order chi connectivity index (χ0) is 19.2. The van der Waals surface area contributed by atoms with Crippen molar-refractivity contribution in [1.29, 1.82) is 0 Å². The number of nitrogens with zero attached hydrogens (tertiary/aromatic N) is 2. The standard InChI is InChI=1S/C20H20FN3O2S/c1-13-8-15(5-6-17(13)26-2)19-18(24-12-27-19)20(25)23-7-3-4-14-9-16(21)11-22-10-14/h5-6,8-12H,3-4,7H2,1-2H3,(H,23,25). The van der Waals surface area contributed by atoms with Crippen molar-refractivity contribution in [2.45, 2.75) is 19.8 Å². The number of carbonyl (C=O) groups excluding carboxylic acids is 1. The van der Waals surface area contributed by atoms with Crippen LogP contribution in [-0.4, -0.2) is 29.5 Å². The van der Waals surface area contributed by atoms with Crippen molar-refractivity contribution in [2.75, 3.05) is 13.7 Å². The number of nitrogens with one attached hydrogen (secondary N) is 1. The quantitative estimate of drug-likeness (QED) is 0.624. The van der Waals surface area contributed by atoms with E-state index in [0.717, 1.165) is 27.3 Å². The minimum absolute atomic E-state index is 0.211. The number of hydrogen-bond donors (Lipinski definition) is 1. The van der Waals surface area contributed by atoms with Crippen molar-refractivity contribution in [2.24, 2.45) is 0 Å². The first kappa shape index (κ1) is 19.0. The van der Waals surface area contributed by atoms with Crippen LogP contribution >= 0.6 is 11.3 Å². The summed E-state index contributed by atoms with van der Waals surface area (Å²) in [7, 11) is 1.63. The monoisotopic (exact) mass is 385 g/mol. The SMILES string of the molecule is COc1ccc(-c2scnc2C(=O)NCCCc2cncc(F)c2)cc1C. The van der Waals surface area contributed by atoms with Gasteiger partial charge in [-0.3, -0.25) is 9.78 Å². The Hall–Kier alpha value is -2.80. The van der Waals surface area contributed by atoms with Gasteiger partial charge in [0.1, 0.15) is 17.3 Å². The third-order valence-corrected chi connectivity index (χ3v) is 5.00. The van der Waals surface area contributed by atoms with E-state index in [0.29, 0.717) is 25.1 Å². The number of aromatic nitrogens is 2. The average molecular weight is 385 g/mol. The van der Waals surface area contributed by atoms with Gasteiger partial charge < -0.3 is 10.1 Å². The fraction of sp³-hybridized carbons (Fsp3) is 0.250. The molecule has 3 aromatic rings. The maximum Gasteiger partial charge on any atom is 0.271 e. The number of hydrogen-bond acceptors (Lipinski definition) is 5. The van der Waals surface area contributed by atoms with E-state index in [1.54, 1.807) is 18.8 Å². The highest BCUT2D eigenvalue weighted by Gasteiger charge is 2.16. The number of halogens is 1. The van der Waals surface area contributed by atoms with Gasteiger partial charge in [-0.2, -0.15) is 0 Å². The molecule has 2 heterocycles. The van der Waals surface area contributed by atoms with Gasteiger partial charge in [0.05, 0.1) is 23.7 Å². The van der Waals surface area contributed by atoms with E-state index in [-0.39, 0.29) is 11.7 Å². The number of pyridine rings is 1. The molecule has 0 atom stereocenters. The van der Waals surface area contributed by atoms with Crippen LogP contribution in [-0.2, 0) is 6.42 Å². The van der Waals surface area contributed by atoms with Crippen molar-refractivity contribution in [3.05, 3.63) is 64.8 Å². The first-order chi connectivity index (χ1) is 13.1. The molecule has 0 spiro atoms. The van der Waals surface area contributed by atoms with E-state index in [4.69, 9.17) is 4.74 Å². The first-order valence-corrected chi connectivity index (χ1v) is 9.42. The molecular formula is C20H20FN3O2S. The van der Waals surface area contributed by atoms with Crippen LogP contribution in [0.1, 0.15) is 28.0 Å². The lowest BCUT2D eigenvalue weighted by molar-refractivity contribution is 0.0949. The molecule has 0 unspecified atom stereocenters. The fourth-order valence-electron chi connectivity index (χ4n) is 2.80. The summed E-state index contributed by atoms with van der Waals surface area (Å²) in [4.78, 5) is 21.4. The number of carbonyl (C=O) groups is 1. The van der Waals surface area contributed by atoms with E-state index in [1.165, 1.54) is 23.6 Å². The van der Waals surface area contributed by atoms with Crippen LogP contribution in [0.4, 0.5) is 4.39 Å². The molecule has 140 valence electrons. The second-order valence-corrected chi connectivity index (χ2v) is 6.94. The molecular weight excluding hydrogens is 365 g/mol. The highest BCUT2D eigenvalue weighted by atomic mass is 32.1. The van der Waals surface area contributed by atoms with Gasteiger partial charge in [-0.1, -0.05) is 0 Å². The van der Waals surface area contributed by atoms with Crippen LogP contribution in [0.5, 0.6) is 5.75 Å². The van der Waals surface area contributed by atoms with E-state index < -0.39 is 0 Å². The maximum atomic E-state index is 13.1. The van der Waals surface area contributed by atoms with Gasteiger partial charge >= 0.3 is 0 Å². The summed E-state index contributed by atoms with van der Waals surface area (Å²) in [5, 5.41) is 2.88. The Bertz CT molecular complexity index is 942. The summed E-state index contributed by atoms with van der Waals surface area (Å²) in [6.07, 6.45) is 4.15. The molecule has 1 aromatic carbocycles. The third-order valence-electron chi connectivity index (χ3n) is 4.13. The Morgan fingerprint density at radius 3 is 2.89 bits per heavy atom. The highest BCUT2D eigenvalue weighted by Crippen LogP contribution is 2.31. The highest BCUT2D eigenvalue weighted by molar-refractivity contribution is 7.13. The van der Waals surface area contributed by atoms with E-state index in [2.05, 4.69) is 15.3 Å². The Labute approximate surface area is 161 Å². The molecule has 0 bridgehead atoms. The molecule has 0 radical (unpaired) electrons. The molecule has 0 saturated carbocycles. The topological polar surface area (TPSA) is 64.1 Å². The number of methoxy groups -OCH3 is 1. The molecule has 0 saturated heterocycles. The predicted octanol–water partition coefficient (Wildman–Crippen LogP) is 4.02. The summed E-state index contributed by atoms with van der Waals surface area (Å²) < 4.78 is 18.4. The lowest BCUT2D eigenvalue weighted by atomic mass is 10.1. The summed E-state index contributed by atoms with van der Waals surface area (Å²) in [6.45, 7) is 2.44. The zero-order valence-corrected chi connectivity index (χ0v) is 16.0. The molecule has 1 N–H and O–H groups in total. The fourth-order valence-corrected chi connectivity index (χ4v) is 3.59. The number of rotatable bonds is 7. The van der Waals surface area contributed by atoms with Crippen molar-refractivity contribution in [3.63, 3.8) is 0 Å². The van der Waals surface area contributed by atoms with Gasteiger partial charge in [0.2, 0.25) is 0 Å². The molecule has 0 aliphatic rings. The van der Waals surface area contributed by atoms with Crippen LogP contribution in [0.15, 0.2) is 42.2 Å². The van der Waals surface area contributed by atoms with Gasteiger partial charge in [0, 0.05) is 12.7 Å². The zero-order valence-electron chi connectivity index (χ0n) is 15.2.